The molecule has 0 radical (unpaired) electrons. The number of hydrogen-bond acceptors (Lipinski definition) is 7. The highest BCUT2D eigenvalue weighted by atomic mass is 32.1. The molecular formula is C14H14N2O6S. The molecule has 1 saturated heterocycles. The van der Waals surface area contributed by atoms with Crippen molar-refractivity contribution in [2.24, 2.45) is 0 Å². The van der Waals surface area contributed by atoms with Crippen molar-refractivity contribution in [1.29, 1.82) is 0 Å². The predicted octanol–water partition coefficient (Wildman–Crippen LogP) is 2.00. The zero-order chi connectivity index (χ0) is 16.7. The Morgan fingerprint density at radius 2 is 2.04 bits per heavy atom. The molecule has 2 aromatic rings. The number of phenolic OH excluding ortho intramolecular Hbond substituents is 2. The minimum absolute atomic E-state index is 0.180. The first-order valence-electron chi connectivity index (χ1n) is 6.91. The molecule has 1 aromatic carbocycles. The van der Waals surface area contributed by atoms with E-state index in [1.54, 1.807) is 11.8 Å². The van der Waals surface area contributed by atoms with Crippen molar-refractivity contribution in [1.82, 2.24) is 4.90 Å². The number of aryl methyl sites for hydroxylation is 1. The van der Waals surface area contributed by atoms with Crippen molar-refractivity contribution in [2.75, 3.05) is 26.3 Å². The number of nitro groups is 1. The quantitative estimate of drug-likeness (QED) is 0.492. The van der Waals surface area contributed by atoms with Crippen LogP contribution in [0.1, 0.15) is 15.2 Å². The molecule has 122 valence electrons. The highest BCUT2D eigenvalue weighted by molar-refractivity contribution is 7.21. The van der Waals surface area contributed by atoms with E-state index in [-0.39, 0.29) is 10.6 Å². The summed E-state index contributed by atoms with van der Waals surface area (Å²) in [5.74, 6) is -1.58. The van der Waals surface area contributed by atoms with Gasteiger partial charge in [-0.05, 0) is 18.6 Å². The van der Waals surface area contributed by atoms with Crippen LogP contribution in [0.5, 0.6) is 11.5 Å². The number of morpholine rings is 1. The highest BCUT2D eigenvalue weighted by Crippen LogP contribution is 2.46. The summed E-state index contributed by atoms with van der Waals surface area (Å²) in [6.45, 7) is 3.51. The van der Waals surface area contributed by atoms with Crippen LogP contribution >= 0.6 is 11.3 Å². The summed E-state index contributed by atoms with van der Waals surface area (Å²) < 4.78 is 5.39. The SMILES string of the molecule is Cc1c(C(=O)N2CCOCC2)sc2c([N+](=O)[O-])c(O)c(O)cc12. The number of ether oxygens (including phenoxy) is 1. The number of carbonyl (C=O) groups is 1. The van der Waals surface area contributed by atoms with E-state index >= 15 is 0 Å². The maximum atomic E-state index is 12.6. The molecule has 0 aliphatic carbocycles. The zero-order valence-corrected chi connectivity index (χ0v) is 13.1. The number of thiophene rings is 1. The summed E-state index contributed by atoms with van der Waals surface area (Å²) in [7, 11) is 0. The van der Waals surface area contributed by atoms with Gasteiger partial charge >= 0.3 is 5.69 Å². The van der Waals surface area contributed by atoms with E-state index in [9.17, 15) is 25.1 Å². The average molecular weight is 338 g/mol. The van der Waals surface area contributed by atoms with Gasteiger partial charge in [-0.25, -0.2) is 0 Å². The molecule has 1 aliphatic rings. The van der Waals surface area contributed by atoms with Crippen LogP contribution in [0, 0.1) is 17.0 Å². The van der Waals surface area contributed by atoms with Gasteiger partial charge in [0.15, 0.2) is 5.75 Å². The number of fused-ring (bicyclic) bond motifs is 1. The van der Waals surface area contributed by atoms with Crippen molar-refractivity contribution in [2.45, 2.75) is 6.92 Å². The van der Waals surface area contributed by atoms with Crippen LogP contribution < -0.4 is 0 Å². The number of hydrogen-bond donors (Lipinski definition) is 2. The van der Waals surface area contributed by atoms with Crippen LogP contribution in [0.25, 0.3) is 10.1 Å². The number of amides is 1. The lowest BCUT2D eigenvalue weighted by Gasteiger charge is -2.26. The monoisotopic (exact) mass is 338 g/mol. The van der Waals surface area contributed by atoms with Crippen LogP contribution in [-0.2, 0) is 4.74 Å². The van der Waals surface area contributed by atoms with Crippen molar-refractivity contribution >= 4 is 33.0 Å². The molecule has 0 spiro atoms. The van der Waals surface area contributed by atoms with Crippen LogP contribution in [0.2, 0.25) is 0 Å². The fourth-order valence-electron chi connectivity index (χ4n) is 2.59. The summed E-state index contributed by atoms with van der Waals surface area (Å²) in [6, 6.07) is 1.25. The van der Waals surface area contributed by atoms with E-state index in [0.29, 0.717) is 42.1 Å². The van der Waals surface area contributed by atoms with E-state index in [1.807, 2.05) is 0 Å². The smallest absolute Gasteiger partial charge is 0.332 e. The van der Waals surface area contributed by atoms with E-state index < -0.39 is 22.1 Å². The van der Waals surface area contributed by atoms with Crippen molar-refractivity contribution < 1.29 is 24.7 Å². The van der Waals surface area contributed by atoms with Crippen molar-refractivity contribution in [3.63, 3.8) is 0 Å². The van der Waals surface area contributed by atoms with Gasteiger partial charge < -0.3 is 19.8 Å². The Bertz CT molecular complexity index is 809. The molecule has 0 saturated carbocycles. The first-order valence-corrected chi connectivity index (χ1v) is 7.73. The Morgan fingerprint density at radius 3 is 2.65 bits per heavy atom. The number of aromatic hydroxyl groups is 2. The lowest BCUT2D eigenvalue weighted by molar-refractivity contribution is -0.383. The largest absolute Gasteiger partial charge is 0.504 e. The molecule has 2 N–H and O–H groups in total. The van der Waals surface area contributed by atoms with E-state index in [4.69, 9.17) is 4.74 Å². The van der Waals surface area contributed by atoms with Gasteiger partial charge in [0.1, 0.15) is 4.70 Å². The lowest BCUT2D eigenvalue weighted by Crippen LogP contribution is -2.40. The van der Waals surface area contributed by atoms with Gasteiger partial charge in [0.25, 0.3) is 5.91 Å². The molecule has 8 nitrogen and oxygen atoms in total. The van der Waals surface area contributed by atoms with Crippen molar-refractivity contribution in [3.8, 4) is 11.5 Å². The van der Waals surface area contributed by atoms with Gasteiger partial charge in [-0.15, -0.1) is 11.3 Å². The minimum Gasteiger partial charge on any atom is -0.504 e. The van der Waals surface area contributed by atoms with Gasteiger partial charge in [-0.3, -0.25) is 14.9 Å². The molecule has 1 aliphatic heterocycles. The van der Waals surface area contributed by atoms with Gasteiger partial charge in [0.05, 0.1) is 23.0 Å². The first kappa shape index (κ1) is 15.5. The fourth-order valence-corrected chi connectivity index (χ4v) is 3.87. The predicted molar refractivity (Wildman–Crippen MR) is 83.3 cm³/mol. The van der Waals surface area contributed by atoms with E-state index in [2.05, 4.69) is 0 Å². The second kappa shape index (κ2) is 5.67. The second-order valence-corrected chi connectivity index (χ2v) is 6.21. The molecular weight excluding hydrogens is 324 g/mol. The Labute approximate surface area is 134 Å². The van der Waals surface area contributed by atoms with Gasteiger partial charge in [0, 0.05) is 18.5 Å². The molecule has 9 heteroatoms. The molecule has 1 aromatic heterocycles. The maximum absolute atomic E-state index is 12.6. The number of rotatable bonds is 2. The van der Waals surface area contributed by atoms with Gasteiger partial charge in [0.2, 0.25) is 5.75 Å². The minimum atomic E-state index is -0.783. The summed E-state index contributed by atoms with van der Waals surface area (Å²) in [6.07, 6.45) is 0. The van der Waals surface area contributed by atoms with E-state index in [1.165, 1.54) is 6.07 Å². The number of nitrogens with zero attached hydrogens (tertiary/aromatic N) is 2. The van der Waals surface area contributed by atoms with Crippen LogP contribution in [0.15, 0.2) is 6.07 Å². The average Bonchev–Trinajstić information content (AvgIpc) is 2.85. The Morgan fingerprint density at radius 1 is 1.39 bits per heavy atom. The highest BCUT2D eigenvalue weighted by Gasteiger charge is 2.29. The van der Waals surface area contributed by atoms with Crippen LogP contribution in [-0.4, -0.2) is 52.2 Å². The zero-order valence-electron chi connectivity index (χ0n) is 12.2. The standard InChI is InChI=1S/C14H14N2O6S/c1-7-8-6-9(17)11(18)10(16(20)21)13(8)23-12(7)14(19)15-2-4-22-5-3-15/h6,17-18H,2-5H2,1H3. The number of benzene rings is 1. The Kier molecular flexibility index (Phi) is 3.82. The molecule has 0 unspecified atom stereocenters. The van der Waals surface area contributed by atoms with E-state index in [0.717, 1.165) is 11.3 Å². The third kappa shape index (κ3) is 2.47. The summed E-state index contributed by atoms with van der Waals surface area (Å²) in [5.41, 5.74) is -0.0194. The lowest BCUT2D eigenvalue weighted by atomic mass is 10.1. The number of carbonyl (C=O) groups excluding carboxylic acids is 1. The molecule has 1 fully saturated rings. The first-order chi connectivity index (χ1) is 10.9. The molecule has 2 heterocycles. The third-order valence-corrected chi connectivity index (χ3v) is 5.13. The second-order valence-electron chi connectivity index (χ2n) is 5.19. The fraction of sp³-hybridized carbons (Fsp3) is 0.357. The van der Waals surface area contributed by atoms with Crippen LogP contribution in [0.3, 0.4) is 0 Å². The van der Waals surface area contributed by atoms with Crippen molar-refractivity contribution in [3.05, 3.63) is 26.6 Å². The molecule has 23 heavy (non-hydrogen) atoms. The van der Waals surface area contributed by atoms with Gasteiger partial charge in [-0.1, -0.05) is 0 Å². The van der Waals surface area contributed by atoms with Gasteiger partial charge in [-0.2, -0.15) is 0 Å². The topological polar surface area (TPSA) is 113 Å². The number of nitro benzene ring substituents is 1. The normalized spacial score (nSPS) is 15.1. The maximum Gasteiger partial charge on any atom is 0.332 e. The van der Waals surface area contributed by atoms with Crippen LogP contribution in [0.4, 0.5) is 5.69 Å². The Balaban J connectivity index is 2.16. The number of phenols is 2. The molecule has 0 bridgehead atoms. The molecule has 0 atom stereocenters. The third-order valence-electron chi connectivity index (χ3n) is 3.83. The molecule has 1 amide bonds. The molecule has 3 rings (SSSR count). The summed E-state index contributed by atoms with van der Waals surface area (Å²) in [5, 5.41) is 31.1. The summed E-state index contributed by atoms with van der Waals surface area (Å²) >= 11 is 0.959. The Hall–Kier alpha value is -2.39. The summed E-state index contributed by atoms with van der Waals surface area (Å²) in [4.78, 5) is 25.1.